The largest absolute Gasteiger partial charge is 0.368 e. The Bertz CT molecular complexity index is 704. The van der Waals surface area contributed by atoms with Crippen LogP contribution in [0.25, 0.3) is 0 Å². The van der Waals surface area contributed by atoms with Crippen molar-refractivity contribution in [3.8, 4) is 0 Å². The van der Waals surface area contributed by atoms with Crippen LogP contribution in [0.15, 0.2) is 35.5 Å². The molecule has 0 unspecified atom stereocenters. The lowest BCUT2D eigenvalue weighted by Gasteiger charge is -2.08. The summed E-state index contributed by atoms with van der Waals surface area (Å²) in [4.78, 5) is 6.75. The van der Waals surface area contributed by atoms with Gasteiger partial charge in [-0.1, -0.05) is 0 Å². The van der Waals surface area contributed by atoms with E-state index in [1.165, 1.54) is 0 Å². The molecule has 0 fully saturated rings. The summed E-state index contributed by atoms with van der Waals surface area (Å²) in [7, 11) is -4.06. The minimum absolute atomic E-state index is 0.0908. The molecule has 0 atom stereocenters. The van der Waals surface area contributed by atoms with E-state index in [-0.39, 0.29) is 16.5 Å². The van der Waals surface area contributed by atoms with E-state index >= 15 is 0 Å². The van der Waals surface area contributed by atoms with Crippen LogP contribution in [0.3, 0.4) is 0 Å². The second-order valence-corrected chi connectivity index (χ2v) is 5.19. The summed E-state index contributed by atoms with van der Waals surface area (Å²) in [5, 5.41) is 0. The van der Waals surface area contributed by atoms with Crippen LogP contribution in [0, 0.1) is 11.6 Å². The Hall–Kier alpha value is -2.29. The first-order valence-electron chi connectivity index (χ1n) is 4.94. The molecule has 0 bridgehead atoms. The van der Waals surface area contributed by atoms with Crippen LogP contribution in [-0.2, 0) is 10.0 Å². The molecule has 2 aromatic rings. The molecule has 1 aromatic heterocycles. The maximum Gasteiger partial charge on any atom is 0.265 e. The van der Waals surface area contributed by atoms with Crippen molar-refractivity contribution in [2.24, 2.45) is 0 Å². The Morgan fingerprint density at radius 3 is 2.37 bits per heavy atom. The van der Waals surface area contributed by atoms with Gasteiger partial charge < -0.3 is 5.73 Å². The zero-order chi connectivity index (χ0) is 14.0. The minimum atomic E-state index is -4.06. The molecule has 19 heavy (non-hydrogen) atoms. The Labute approximate surface area is 107 Å². The van der Waals surface area contributed by atoms with E-state index < -0.39 is 21.7 Å². The number of nitrogens with two attached hydrogens (primary N) is 1. The number of sulfonamides is 1. The number of hydrogen-bond donors (Lipinski definition) is 2. The van der Waals surface area contributed by atoms with Crippen molar-refractivity contribution in [3.63, 3.8) is 0 Å². The summed E-state index contributed by atoms with van der Waals surface area (Å²) >= 11 is 0. The van der Waals surface area contributed by atoms with E-state index in [9.17, 15) is 17.2 Å². The maximum absolute atomic E-state index is 13.3. The van der Waals surface area contributed by atoms with Crippen LogP contribution in [0.4, 0.5) is 20.4 Å². The Morgan fingerprint density at radius 1 is 1.16 bits per heavy atom. The first kappa shape index (κ1) is 13.1. The number of nitrogen functional groups attached to an aromatic ring is 1. The second-order valence-electron chi connectivity index (χ2n) is 3.51. The van der Waals surface area contributed by atoms with Crippen LogP contribution >= 0.6 is 0 Å². The molecule has 3 N–H and O–H groups in total. The molecule has 0 radical (unpaired) electrons. The van der Waals surface area contributed by atoms with Gasteiger partial charge in [0.15, 0.2) is 0 Å². The first-order chi connectivity index (χ1) is 8.88. The van der Waals surface area contributed by atoms with E-state index in [0.29, 0.717) is 6.07 Å². The molecule has 0 saturated heterocycles. The molecule has 0 saturated carbocycles. The third-order valence-electron chi connectivity index (χ3n) is 2.13. The summed E-state index contributed by atoms with van der Waals surface area (Å²) in [6.07, 6.45) is 1.96. The first-order valence-corrected chi connectivity index (χ1v) is 6.42. The smallest absolute Gasteiger partial charge is 0.265 e. The van der Waals surface area contributed by atoms with Gasteiger partial charge in [0, 0.05) is 6.07 Å². The van der Waals surface area contributed by atoms with Gasteiger partial charge in [0.2, 0.25) is 5.95 Å². The molecule has 1 aromatic carbocycles. The molecule has 0 aliphatic heterocycles. The molecule has 2 rings (SSSR count). The molecule has 0 aliphatic rings. The van der Waals surface area contributed by atoms with Gasteiger partial charge in [-0.3, -0.25) is 4.72 Å². The van der Waals surface area contributed by atoms with Crippen molar-refractivity contribution < 1.29 is 17.2 Å². The highest BCUT2D eigenvalue weighted by Crippen LogP contribution is 2.19. The predicted octanol–water partition coefficient (Wildman–Crippen LogP) is 1.14. The standard InChI is InChI=1S/C10H8F2N4O2S/c11-6-1-2-9(8(12)3-6)16-19(17,18)7-4-14-10(13)15-5-7/h1-5,16H,(H2,13,14,15). The topological polar surface area (TPSA) is 98.0 Å². The van der Waals surface area contributed by atoms with Crippen molar-refractivity contribution in [3.05, 3.63) is 42.2 Å². The molecule has 0 amide bonds. The highest BCUT2D eigenvalue weighted by molar-refractivity contribution is 7.92. The predicted molar refractivity (Wildman–Crippen MR) is 63.6 cm³/mol. The van der Waals surface area contributed by atoms with Crippen LogP contribution in [0.5, 0.6) is 0 Å². The van der Waals surface area contributed by atoms with Crippen molar-refractivity contribution >= 4 is 21.7 Å². The van der Waals surface area contributed by atoms with Gasteiger partial charge in [-0.05, 0) is 12.1 Å². The lowest BCUT2D eigenvalue weighted by molar-refractivity contribution is 0.582. The minimum Gasteiger partial charge on any atom is -0.368 e. The SMILES string of the molecule is Nc1ncc(S(=O)(=O)Nc2ccc(F)cc2F)cn1. The van der Waals surface area contributed by atoms with Crippen LogP contribution in [-0.4, -0.2) is 18.4 Å². The quantitative estimate of drug-likeness (QED) is 0.881. The lowest BCUT2D eigenvalue weighted by Crippen LogP contribution is -2.15. The molecule has 1 heterocycles. The van der Waals surface area contributed by atoms with E-state index in [2.05, 4.69) is 9.97 Å². The Kier molecular flexibility index (Phi) is 3.30. The summed E-state index contributed by atoms with van der Waals surface area (Å²) in [6.45, 7) is 0. The number of benzene rings is 1. The zero-order valence-electron chi connectivity index (χ0n) is 9.34. The summed E-state index contributed by atoms with van der Waals surface area (Å²) in [5.41, 5.74) is 4.85. The van der Waals surface area contributed by atoms with Crippen molar-refractivity contribution in [2.75, 3.05) is 10.5 Å². The van der Waals surface area contributed by atoms with Crippen molar-refractivity contribution in [2.45, 2.75) is 4.90 Å². The average Bonchev–Trinajstić information content (AvgIpc) is 2.33. The zero-order valence-corrected chi connectivity index (χ0v) is 10.2. The van der Waals surface area contributed by atoms with E-state index in [1.807, 2.05) is 4.72 Å². The molecule has 9 heteroatoms. The van der Waals surface area contributed by atoms with Gasteiger partial charge in [0.1, 0.15) is 16.5 Å². The van der Waals surface area contributed by atoms with Crippen LogP contribution < -0.4 is 10.5 Å². The summed E-state index contributed by atoms with van der Waals surface area (Å²) in [6, 6.07) is 2.47. The molecule has 6 nitrogen and oxygen atoms in total. The van der Waals surface area contributed by atoms with E-state index in [0.717, 1.165) is 24.5 Å². The molecule has 0 spiro atoms. The monoisotopic (exact) mass is 286 g/mol. The highest BCUT2D eigenvalue weighted by atomic mass is 32.2. The Balaban J connectivity index is 2.33. The third-order valence-corrected chi connectivity index (χ3v) is 3.45. The molecule has 100 valence electrons. The van der Waals surface area contributed by atoms with Gasteiger partial charge in [0.25, 0.3) is 10.0 Å². The number of hydrogen-bond acceptors (Lipinski definition) is 5. The molecular formula is C10H8F2N4O2S. The third kappa shape index (κ3) is 2.94. The number of aromatic nitrogens is 2. The average molecular weight is 286 g/mol. The molecular weight excluding hydrogens is 278 g/mol. The second kappa shape index (κ2) is 4.76. The fraction of sp³-hybridized carbons (Fsp3) is 0. The van der Waals surface area contributed by atoms with Gasteiger partial charge in [-0.15, -0.1) is 0 Å². The number of nitrogens with one attached hydrogen (secondary N) is 1. The number of halogens is 2. The molecule has 0 aliphatic carbocycles. The Morgan fingerprint density at radius 2 is 1.79 bits per heavy atom. The summed E-state index contributed by atoms with van der Waals surface area (Å²) in [5.74, 6) is -1.93. The number of rotatable bonds is 3. The number of anilines is 2. The van der Waals surface area contributed by atoms with Crippen LogP contribution in [0.2, 0.25) is 0 Å². The van der Waals surface area contributed by atoms with E-state index in [4.69, 9.17) is 5.73 Å². The van der Waals surface area contributed by atoms with Gasteiger partial charge >= 0.3 is 0 Å². The lowest BCUT2D eigenvalue weighted by atomic mass is 10.3. The van der Waals surface area contributed by atoms with E-state index in [1.54, 1.807) is 0 Å². The highest BCUT2D eigenvalue weighted by Gasteiger charge is 2.17. The van der Waals surface area contributed by atoms with Gasteiger partial charge in [-0.25, -0.2) is 27.2 Å². The maximum atomic E-state index is 13.3. The van der Waals surface area contributed by atoms with Crippen molar-refractivity contribution in [1.82, 2.24) is 9.97 Å². The number of nitrogens with zero attached hydrogens (tertiary/aromatic N) is 2. The fourth-order valence-electron chi connectivity index (χ4n) is 1.24. The fourth-order valence-corrected chi connectivity index (χ4v) is 2.20. The van der Waals surface area contributed by atoms with Crippen LogP contribution in [0.1, 0.15) is 0 Å². The van der Waals surface area contributed by atoms with Gasteiger partial charge in [0.05, 0.1) is 18.1 Å². The summed E-state index contributed by atoms with van der Waals surface area (Å²) < 4.78 is 51.7. The van der Waals surface area contributed by atoms with Gasteiger partial charge in [-0.2, -0.15) is 0 Å². The normalized spacial score (nSPS) is 11.3. The van der Waals surface area contributed by atoms with Crippen molar-refractivity contribution in [1.29, 1.82) is 0 Å².